The molecule has 0 radical (unpaired) electrons. The summed E-state index contributed by atoms with van der Waals surface area (Å²) >= 11 is 0. The van der Waals surface area contributed by atoms with Crippen molar-refractivity contribution in [2.24, 2.45) is 0 Å². The minimum absolute atomic E-state index is 0.0358. The lowest BCUT2D eigenvalue weighted by molar-refractivity contribution is -0.110. The number of hydrogen-bond acceptors (Lipinski definition) is 3. The molecule has 27 heavy (non-hydrogen) atoms. The van der Waals surface area contributed by atoms with Gasteiger partial charge in [-0.2, -0.15) is 0 Å². The molecule has 1 N–H and O–H groups in total. The van der Waals surface area contributed by atoms with E-state index in [4.69, 9.17) is 0 Å². The van der Waals surface area contributed by atoms with Crippen molar-refractivity contribution >= 4 is 34.5 Å². The van der Waals surface area contributed by atoms with Gasteiger partial charge in [-0.15, -0.1) is 0 Å². The minimum atomic E-state index is 0.0358. The van der Waals surface area contributed by atoms with Gasteiger partial charge in [0.25, 0.3) is 0 Å². The first-order valence-electron chi connectivity index (χ1n) is 8.59. The number of carbonyl (C=O) groups is 2. The molecule has 130 valence electrons. The molecule has 3 heteroatoms. The first-order valence-corrected chi connectivity index (χ1v) is 8.59. The van der Waals surface area contributed by atoms with Crippen LogP contribution in [0.15, 0.2) is 84.5 Å². The van der Waals surface area contributed by atoms with Crippen molar-refractivity contribution in [3.05, 3.63) is 101 Å². The van der Waals surface area contributed by atoms with Crippen molar-refractivity contribution in [2.75, 3.05) is 0 Å². The average Bonchev–Trinajstić information content (AvgIpc) is 3.09. The maximum Gasteiger partial charge on any atom is 0.186 e. The second kappa shape index (κ2) is 6.89. The van der Waals surface area contributed by atoms with E-state index >= 15 is 0 Å². The molecule has 0 aromatic heterocycles. The highest BCUT2D eigenvalue weighted by atomic mass is 16.3. The summed E-state index contributed by atoms with van der Waals surface area (Å²) in [5.74, 6) is 0.146. The lowest BCUT2D eigenvalue weighted by Crippen LogP contribution is -2.00. The summed E-state index contributed by atoms with van der Waals surface area (Å²) in [6, 6.07) is 18.9. The smallest absolute Gasteiger partial charge is 0.186 e. The predicted octanol–water partition coefficient (Wildman–Crippen LogP) is 4.96. The van der Waals surface area contributed by atoms with Crippen LogP contribution in [-0.2, 0) is 4.79 Å². The number of aldehydes is 1. The normalized spacial score (nSPS) is 13.9. The van der Waals surface area contributed by atoms with E-state index < -0.39 is 0 Å². The summed E-state index contributed by atoms with van der Waals surface area (Å²) in [4.78, 5) is 22.2. The Morgan fingerprint density at radius 3 is 2.48 bits per heavy atom. The lowest BCUT2D eigenvalue weighted by atomic mass is 9.96. The van der Waals surface area contributed by atoms with Crippen molar-refractivity contribution in [3.8, 4) is 5.75 Å². The van der Waals surface area contributed by atoms with Crippen LogP contribution in [0.3, 0.4) is 0 Å². The van der Waals surface area contributed by atoms with E-state index in [-0.39, 0.29) is 11.5 Å². The molecule has 0 atom stereocenters. The van der Waals surface area contributed by atoms with Crippen molar-refractivity contribution in [1.29, 1.82) is 0 Å². The van der Waals surface area contributed by atoms with Crippen LogP contribution >= 0.6 is 0 Å². The highest BCUT2D eigenvalue weighted by molar-refractivity contribution is 6.23. The van der Waals surface area contributed by atoms with Crippen molar-refractivity contribution < 1.29 is 14.7 Å². The van der Waals surface area contributed by atoms with Gasteiger partial charge in [-0.05, 0) is 45.7 Å². The zero-order valence-corrected chi connectivity index (χ0v) is 14.4. The summed E-state index contributed by atoms with van der Waals surface area (Å²) in [7, 11) is 0. The summed E-state index contributed by atoms with van der Waals surface area (Å²) in [5.41, 5.74) is 4.56. The van der Waals surface area contributed by atoms with Crippen LogP contribution in [0.25, 0.3) is 22.4 Å². The molecule has 0 saturated carbocycles. The van der Waals surface area contributed by atoms with Gasteiger partial charge in [0.05, 0.1) is 5.56 Å². The van der Waals surface area contributed by atoms with Gasteiger partial charge in [0.2, 0.25) is 0 Å². The average molecular weight is 352 g/mol. The van der Waals surface area contributed by atoms with Crippen molar-refractivity contribution in [1.82, 2.24) is 0 Å². The zero-order chi connectivity index (χ0) is 18.8. The zero-order valence-electron chi connectivity index (χ0n) is 14.4. The van der Waals surface area contributed by atoms with E-state index in [2.05, 4.69) is 6.07 Å². The molecule has 0 spiro atoms. The van der Waals surface area contributed by atoms with Gasteiger partial charge in [0.1, 0.15) is 5.75 Å². The van der Waals surface area contributed by atoms with Crippen LogP contribution in [0.1, 0.15) is 21.5 Å². The van der Waals surface area contributed by atoms with E-state index in [1.165, 1.54) is 11.6 Å². The summed E-state index contributed by atoms with van der Waals surface area (Å²) < 4.78 is 0. The van der Waals surface area contributed by atoms with E-state index in [0.717, 1.165) is 27.5 Å². The first-order chi connectivity index (χ1) is 13.2. The van der Waals surface area contributed by atoms with E-state index in [9.17, 15) is 14.7 Å². The van der Waals surface area contributed by atoms with Gasteiger partial charge in [-0.25, -0.2) is 0 Å². The number of benzene rings is 3. The third kappa shape index (κ3) is 3.00. The highest BCUT2D eigenvalue weighted by Gasteiger charge is 2.23. The molecular weight excluding hydrogens is 336 g/mol. The van der Waals surface area contributed by atoms with E-state index in [1.54, 1.807) is 12.1 Å². The number of hydrogen-bond donors (Lipinski definition) is 1. The Morgan fingerprint density at radius 2 is 1.63 bits per heavy atom. The lowest BCUT2D eigenvalue weighted by Gasteiger charge is -2.06. The molecular formula is C24H16O3. The number of rotatable bonds is 1. The fraction of sp³-hybridized carbons (Fsp3) is 0. The molecule has 5 rings (SSSR count). The first kappa shape index (κ1) is 16.7. The van der Waals surface area contributed by atoms with Gasteiger partial charge >= 0.3 is 0 Å². The number of aromatic hydroxyl groups is 1. The minimum Gasteiger partial charge on any atom is -0.507 e. The Morgan fingerprint density at radius 1 is 0.852 bits per heavy atom. The van der Waals surface area contributed by atoms with Crippen molar-refractivity contribution in [2.45, 2.75) is 0 Å². The molecule has 3 nitrogen and oxygen atoms in total. The molecule has 0 amide bonds. The van der Waals surface area contributed by atoms with Gasteiger partial charge in [-0.3, -0.25) is 9.59 Å². The Bertz CT molecular complexity index is 1160. The number of ketones is 1. The second-order valence-electron chi connectivity index (χ2n) is 6.29. The Labute approximate surface area is 156 Å². The molecule has 0 fully saturated rings. The number of allylic oxidation sites excluding steroid dienone is 5. The van der Waals surface area contributed by atoms with Crippen LogP contribution in [0.5, 0.6) is 5.75 Å². The molecule has 2 aliphatic rings. The summed E-state index contributed by atoms with van der Waals surface area (Å²) in [6.45, 7) is 0. The van der Waals surface area contributed by atoms with Crippen LogP contribution in [0, 0.1) is 0 Å². The standard InChI is InChI=1S/C13H8O.C11H8O2/c14-13-7-3-6-11-10-5-2-1-4-9(10)8-12(11)13;12-7-10-9-4-2-1-3-8(9)5-6-11(10)13/h1-8H;1-7,13H. The molecule has 0 aliphatic heterocycles. The SMILES string of the molecule is O=C1C=CC=C2C1=Cc1ccccc12.O=Cc1c(O)ccc2ccccc12. The van der Waals surface area contributed by atoms with Gasteiger partial charge in [-0.1, -0.05) is 66.7 Å². The molecule has 0 heterocycles. The predicted molar refractivity (Wildman–Crippen MR) is 108 cm³/mol. The third-order valence-corrected chi connectivity index (χ3v) is 4.68. The van der Waals surface area contributed by atoms with E-state index in [0.29, 0.717) is 11.8 Å². The van der Waals surface area contributed by atoms with Crippen LogP contribution < -0.4 is 0 Å². The Hall–Kier alpha value is -3.72. The Balaban J connectivity index is 0.000000134. The van der Waals surface area contributed by atoms with Gasteiger partial charge in [0.15, 0.2) is 12.1 Å². The number of fused-ring (bicyclic) bond motifs is 4. The quantitative estimate of drug-likeness (QED) is 0.630. The molecule has 0 bridgehead atoms. The van der Waals surface area contributed by atoms with E-state index in [1.807, 2.05) is 60.7 Å². The van der Waals surface area contributed by atoms with Gasteiger partial charge in [0, 0.05) is 5.57 Å². The largest absolute Gasteiger partial charge is 0.507 e. The molecule has 2 aliphatic carbocycles. The van der Waals surface area contributed by atoms with Crippen molar-refractivity contribution in [3.63, 3.8) is 0 Å². The number of phenols is 1. The van der Waals surface area contributed by atoms with Crippen LogP contribution in [0.2, 0.25) is 0 Å². The Kier molecular flexibility index (Phi) is 4.27. The fourth-order valence-electron chi connectivity index (χ4n) is 3.36. The highest BCUT2D eigenvalue weighted by Crippen LogP contribution is 2.37. The van der Waals surface area contributed by atoms with Gasteiger partial charge < -0.3 is 5.11 Å². The fourth-order valence-corrected chi connectivity index (χ4v) is 3.36. The molecule has 0 saturated heterocycles. The number of carbonyl (C=O) groups excluding carboxylic acids is 2. The maximum absolute atomic E-state index is 11.5. The topological polar surface area (TPSA) is 54.4 Å². The summed E-state index contributed by atoms with van der Waals surface area (Å²) in [6.07, 6.45) is 8.07. The maximum atomic E-state index is 11.5. The molecule has 3 aromatic rings. The third-order valence-electron chi connectivity index (χ3n) is 4.68. The monoisotopic (exact) mass is 352 g/mol. The number of phenolic OH excluding ortho intramolecular Hbond substituents is 1. The van der Waals surface area contributed by atoms with Crippen LogP contribution in [0.4, 0.5) is 0 Å². The summed E-state index contributed by atoms with van der Waals surface area (Å²) in [5, 5.41) is 11.1. The van der Waals surface area contributed by atoms with Crippen LogP contribution in [-0.4, -0.2) is 17.2 Å². The molecule has 3 aromatic carbocycles. The second-order valence-corrected chi connectivity index (χ2v) is 6.29. The molecule has 0 unspecified atom stereocenters.